The Morgan fingerprint density at radius 1 is 1.42 bits per heavy atom. The number of hydrogen-bond acceptors (Lipinski definition) is 3. The second kappa shape index (κ2) is 6.53. The Kier molecular flexibility index (Phi) is 4.99. The number of rotatable bonds is 5. The van der Waals surface area contributed by atoms with Crippen LogP contribution in [0.1, 0.15) is 38.2 Å². The summed E-state index contributed by atoms with van der Waals surface area (Å²) in [6.07, 6.45) is 9.44. The van der Waals surface area contributed by atoms with Crippen LogP contribution in [-0.2, 0) is 13.6 Å². The number of nitrogens with zero attached hydrogens (tertiary/aromatic N) is 3. The number of nitrogens with two attached hydrogens (primary N) is 1. The highest BCUT2D eigenvalue weighted by atomic mass is 15.2. The maximum Gasteiger partial charge on any atom is 0.0534 e. The van der Waals surface area contributed by atoms with Crippen LogP contribution in [0.4, 0.5) is 0 Å². The first-order chi connectivity index (χ1) is 9.10. The molecule has 1 atom stereocenters. The van der Waals surface area contributed by atoms with Gasteiger partial charge in [-0.3, -0.25) is 9.58 Å². The quantitative estimate of drug-likeness (QED) is 0.885. The first-order valence-electron chi connectivity index (χ1n) is 7.48. The van der Waals surface area contributed by atoms with Crippen LogP contribution in [0.3, 0.4) is 0 Å². The fourth-order valence-corrected chi connectivity index (χ4v) is 3.36. The highest BCUT2D eigenvalue weighted by Gasteiger charge is 2.27. The lowest BCUT2D eigenvalue weighted by Gasteiger charge is -2.37. The van der Waals surface area contributed by atoms with Crippen LogP contribution in [0.15, 0.2) is 12.4 Å². The molecule has 0 saturated heterocycles. The molecule has 0 bridgehead atoms. The van der Waals surface area contributed by atoms with Gasteiger partial charge in [-0.25, -0.2) is 0 Å². The van der Waals surface area contributed by atoms with Gasteiger partial charge in [0.2, 0.25) is 0 Å². The van der Waals surface area contributed by atoms with Crippen LogP contribution in [-0.4, -0.2) is 34.3 Å². The van der Waals surface area contributed by atoms with Crippen molar-refractivity contribution in [3.05, 3.63) is 18.0 Å². The van der Waals surface area contributed by atoms with Gasteiger partial charge >= 0.3 is 0 Å². The lowest BCUT2D eigenvalue weighted by molar-refractivity contribution is 0.130. The van der Waals surface area contributed by atoms with E-state index >= 15 is 0 Å². The average Bonchev–Trinajstić information content (AvgIpc) is 2.78. The molecular weight excluding hydrogens is 236 g/mol. The third-order valence-corrected chi connectivity index (χ3v) is 4.60. The summed E-state index contributed by atoms with van der Waals surface area (Å²) in [7, 11) is 4.16. The fourth-order valence-electron chi connectivity index (χ4n) is 3.36. The Balaban J connectivity index is 1.92. The topological polar surface area (TPSA) is 47.1 Å². The summed E-state index contributed by atoms with van der Waals surface area (Å²) in [5, 5.41) is 4.24. The summed E-state index contributed by atoms with van der Waals surface area (Å²) in [5.41, 5.74) is 7.31. The molecule has 4 heteroatoms. The van der Waals surface area contributed by atoms with E-state index < -0.39 is 0 Å². The predicted molar refractivity (Wildman–Crippen MR) is 78.6 cm³/mol. The lowest BCUT2D eigenvalue weighted by atomic mass is 9.79. The molecule has 0 spiro atoms. The van der Waals surface area contributed by atoms with E-state index in [0.717, 1.165) is 24.9 Å². The smallest absolute Gasteiger partial charge is 0.0534 e. The Bertz CT molecular complexity index is 379. The number of aromatic nitrogens is 2. The zero-order valence-electron chi connectivity index (χ0n) is 12.5. The highest BCUT2D eigenvalue weighted by Crippen LogP contribution is 2.32. The zero-order valence-corrected chi connectivity index (χ0v) is 12.5. The third-order valence-electron chi connectivity index (χ3n) is 4.60. The molecule has 4 nitrogen and oxygen atoms in total. The first kappa shape index (κ1) is 14.5. The van der Waals surface area contributed by atoms with Gasteiger partial charge in [-0.2, -0.15) is 5.10 Å². The van der Waals surface area contributed by atoms with Crippen molar-refractivity contribution in [3.8, 4) is 0 Å². The van der Waals surface area contributed by atoms with Crippen LogP contribution in [0.5, 0.6) is 0 Å². The minimum atomic E-state index is 0.507. The van der Waals surface area contributed by atoms with E-state index in [1.54, 1.807) is 0 Å². The SMILES string of the molecule is CC1CCC(C(CN)N(C)Cc2cnn(C)c2)CC1. The molecule has 2 N–H and O–H groups in total. The Labute approximate surface area is 117 Å². The summed E-state index contributed by atoms with van der Waals surface area (Å²) >= 11 is 0. The van der Waals surface area contributed by atoms with Gasteiger partial charge < -0.3 is 5.73 Å². The van der Waals surface area contributed by atoms with Crippen molar-refractivity contribution in [2.45, 2.75) is 45.2 Å². The van der Waals surface area contributed by atoms with Gasteiger partial charge in [-0.1, -0.05) is 19.8 Å². The van der Waals surface area contributed by atoms with Crippen LogP contribution in [0.25, 0.3) is 0 Å². The molecule has 1 aromatic heterocycles. The van der Waals surface area contributed by atoms with Crippen molar-refractivity contribution in [1.29, 1.82) is 0 Å². The van der Waals surface area contributed by atoms with Crippen molar-refractivity contribution in [3.63, 3.8) is 0 Å². The fraction of sp³-hybridized carbons (Fsp3) is 0.800. The van der Waals surface area contributed by atoms with Gasteiger partial charge in [-0.05, 0) is 31.7 Å². The van der Waals surface area contributed by atoms with E-state index in [2.05, 4.69) is 30.2 Å². The largest absolute Gasteiger partial charge is 0.329 e. The van der Waals surface area contributed by atoms with Crippen LogP contribution < -0.4 is 5.73 Å². The minimum Gasteiger partial charge on any atom is -0.329 e. The van der Waals surface area contributed by atoms with E-state index in [-0.39, 0.29) is 0 Å². The summed E-state index contributed by atoms with van der Waals surface area (Å²) in [4.78, 5) is 2.41. The maximum atomic E-state index is 6.04. The van der Waals surface area contributed by atoms with Gasteiger partial charge in [0, 0.05) is 37.9 Å². The Hall–Kier alpha value is -0.870. The molecule has 108 valence electrons. The third kappa shape index (κ3) is 3.80. The zero-order chi connectivity index (χ0) is 13.8. The second-order valence-electron chi connectivity index (χ2n) is 6.26. The Morgan fingerprint density at radius 2 is 2.11 bits per heavy atom. The standard InChI is InChI=1S/C15H28N4/c1-12-4-6-14(7-5-12)15(8-16)18(2)10-13-9-17-19(3)11-13/h9,11-12,14-15H,4-8,10,16H2,1-3H3. The van der Waals surface area contributed by atoms with E-state index in [0.29, 0.717) is 6.04 Å². The molecule has 1 aliphatic carbocycles. The van der Waals surface area contributed by atoms with Crippen molar-refractivity contribution >= 4 is 0 Å². The van der Waals surface area contributed by atoms with E-state index in [1.807, 2.05) is 17.9 Å². The van der Waals surface area contributed by atoms with Crippen LogP contribution in [0.2, 0.25) is 0 Å². The van der Waals surface area contributed by atoms with Crippen LogP contribution in [0, 0.1) is 11.8 Å². The van der Waals surface area contributed by atoms with Crippen molar-refractivity contribution in [1.82, 2.24) is 14.7 Å². The Morgan fingerprint density at radius 3 is 2.63 bits per heavy atom. The van der Waals surface area contributed by atoms with Gasteiger partial charge in [0.05, 0.1) is 6.20 Å². The summed E-state index contributed by atoms with van der Waals surface area (Å²) < 4.78 is 1.86. The monoisotopic (exact) mass is 264 g/mol. The number of likely N-dealkylation sites (N-methyl/N-ethyl adjacent to an activating group) is 1. The normalized spacial score (nSPS) is 25.7. The first-order valence-corrected chi connectivity index (χ1v) is 7.48. The van der Waals surface area contributed by atoms with E-state index in [4.69, 9.17) is 5.73 Å². The van der Waals surface area contributed by atoms with Crippen molar-refractivity contribution in [2.75, 3.05) is 13.6 Å². The summed E-state index contributed by atoms with van der Waals surface area (Å²) in [6.45, 7) is 4.07. The average molecular weight is 264 g/mol. The second-order valence-corrected chi connectivity index (χ2v) is 6.26. The lowest BCUT2D eigenvalue weighted by Crippen LogP contribution is -2.44. The molecule has 1 aromatic rings. The van der Waals surface area contributed by atoms with E-state index in [9.17, 15) is 0 Å². The number of hydrogen-bond donors (Lipinski definition) is 1. The minimum absolute atomic E-state index is 0.507. The van der Waals surface area contributed by atoms with Gasteiger partial charge in [0.25, 0.3) is 0 Å². The van der Waals surface area contributed by atoms with Crippen molar-refractivity contribution in [2.24, 2.45) is 24.6 Å². The molecule has 2 rings (SSSR count). The van der Waals surface area contributed by atoms with Crippen LogP contribution >= 0.6 is 0 Å². The van der Waals surface area contributed by atoms with E-state index in [1.165, 1.54) is 31.2 Å². The molecule has 0 aliphatic heterocycles. The van der Waals surface area contributed by atoms with Gasteiger partial charge in [0.1, 0.15) is 0 Å². The predicted octanol–water partition coefficient (Wildman–Crippen LogP) is 2.01. The summed E-state index contributed by atoms with van der Waals surface area (Å²) in [6, 6.07) is 0.507. The molecule has 1 aliphatic rings. The molecule has 0 radical (unpaired) electrons. The van der Waals surface area contributed by atoms with Gasteiger partial charge in [-0.15, -0.1) is 0 Å². The summed E-state index contributed by atoms with van der Waals surface area (Å²) in [5.74, 6) is 1.67. The molecular formula is C15H28N4. The number of aryl methyl sites for hydroxylation is 1. The molecule has 1 unspecified atom stereocenters. The molecule has 19 heavy (non-hydrogen) atoms. The molecule has 1 fully saturated rings. The molecule has 1 heterocycles. The molecule has 0 aromatic carbocycles. The van der Waals surface area contributed by atoms with Gasteiger partial charge in [0.15, 0.2) is 0 Å². The van der Waals surface area contributed by atoms with Crippen molar-refractivity contribution < 1.29 is 0 Å². The molecule has 0 amide bonds. The maximum absolute atomic E-state index is 6.04. The molecule has 1 saturated carbocycles. The highest BCUT2D eigenvalue weighted by molar-refractivity contribution is 5.03.